The van der Waals surface area contributed by atoms with E-state index in [1.54, 1.807) is 0 Å². The largest absolute Gasteiger partial charge is 0.367 e. The molecule has 1 aromatic heterocycles. The van der Waals surface area contributed by atoms with E-state index in [9.17, 15) is 0 Å². The summed E-state index contributed by atoms with van der Waals surface area (Å²) in [7, 11) is 0. The maximum absolute atomic E-state index is 6.12. The van der Waals surface area contributed by atoms with Crippen LogP contribution < -0.4 is 5.73 Å². The van der Waals surface area contributed by atoms with Crippen LogP contribution in [-0.4, -0.2) is 21.9 Å². The van der Waals surface area contributed by atoms with Crippen molar-refractivity contribution >= 4 is 0 Å². The predicted molar refractivity (Wildman–Crippen MR) is 76.8 cm³/mol. The van der Waals surface area contributed by atoms with Gasteiger partial charge in [-0.05, 0) is 44.6 Å². The number of aromatic nitrogens is 2. The van der Waals surface area contributed by atoms with Gasteiger partial charge < -0.3 is 10.5 Å². The molecule has 0 bridgehead atoms. The molecule has 3 atom stereocenters. The summed E-state index contributed by atoms with van der Waals surface area (Å²) in [6, 6.07) is 2.50. The number of nitrogens with two attached hydrogens (primary N) is 1. The zero-order chi connectivity index (χ0) is 13.9. The monoisotopic (exact) mass is 265 g/mol. The number of hydrogen-bond donors (Lipinski definition) is 1. The zero-order valence-corrected chi connectivity index (χ0v) is 12.4. The first-order chi connectivity index (χ1) is 9.08. The van der Waals surface area contributed by atoms with Crippen molar-refractivity contribution in [3.63, 3.8) is 0 Å². The van der Waals surface area contributed by atoms with Gasteiger partial charge in [0.2, 0.25) is 0 Å². The molecule has 0 aliphatic heterocycles. The van der Waals surface area contributed by atoms with Crippen LogP contribution in [0, 0.1) is 5.92 Å². The minimum atomic E-state index is -0.112. The normalized spacial score (nSPS) is 28.7. The van der Waals surface area contributed by atoms with Crippen molar-refractivity contribution in [1.82, 2.24) is 9.78 Å². The summed E-state index contributed by atoms with van der Waals surface area (Å²) in [5.74, 6) is 0.723. The van der Waals surface area contributed by atoms with Gasteiger partial charge in [-0.15, -0.1) is 0 Å². The minimum Gasteiger partial charge on any atom is -0.367 e. The van der Waals surface area contributed by atoms with Gasteiger partial charge in [0, 0.05) is 18.8 Å². The molecule has 0 aromatic carbocycles. The first kappa shape index (κ1) is 14.5. The quantitative estimate of drug-likeness (QED) is 0.860. The molecule has 1 aliphatic carbocycles. The third-order valence-corrected chi connectivity index (χ3v) is 4.42. The lowest BCUT2D eigenvalue weighted by atomic mass is 10.0. The molecule has 1 aliphatic rings. The summed E-state index contributed by atoms with van der Waals surface area (Å²) >= 11 is 0. The van der Waals surface area contributed by atoms with Gasteiger partial charge in [-0.25, -0.2) is 0 Å². The third-order valence-electron chi connectivity index (χ3n) is 4.42. The van der Waals surface area contributed by atoms with E-state index >= 15 is 0 Å². The number of ether oxygens (including phenoxy) is 1. The van der Waals surface area contributed by atoms with Crippen molar-refractivity contribution in [2.75, 3.05) is 6.54 Å². The smallest absolute Gasteiger partial charge is 0.0914 e. The Morgan fingerprint density at radius 2 is 2.42 bits per heavy atom. The average Bonchev–Trinajstić information content (AvgIpc) is 3.03. The molecular weight excluding hydrogens is 238 g/mol. The van der Waals surface area contributed by atoms with Crippen LogP contribution in [0.4, 0.5) is 0 Å². The van der Waals surface area contributed by atoms with E-state index in [2.05, 4.69) is 31.9 Å². The first-order valence-corrected chi connectivity index (χ1v) is 7.46. The van der Waals surface area contributed by atoms with Gasteiger partial charge in [0.1, 0.15) is 0 Å². The fourth-order valence-corrected chi connectivity index (χ4v) is 2.84. The summed E-state index contributed by atoms with van der Waals surface area (Å²) in [6.45, 7) is 7.82. The predicted octanol–water partition coefficient (Wildman–Crippen LogP) is 2.89. The van der Waals surface area contributed by atoms with Crippen molar-refractivity contribution in [3.05, 3.63) is 18.0 Å². The van der Waals surface area contributed by atoms with Gasteiger partial charge in [-0.2, -0.15) is 5.10 Å². The summed E-state index contributed by atoms with van der Waals surface area (Å²) in [5.41, 5.74) is 6.82. The van der Waals surface area contributed by atoms with Gasteiger partial charge in [0.05, 0.1) is 17.9 Å². The van der Waals surface area contributed by atoms with E-state index in [0.717, 1.165) is 30.9 Å². The van der Waals surface area contributed by atoms with Gasteiger partial charge in [0.15, 0.2) is 0 Å². The van der Waals surface area contributed by atoms with Gasteiger partial charge in [-0.3, -0.25) is 4.68 Å². The van der Waals surface area contributed by atoms with E-state index in [0.29, 0.717) is 19.2 Å². The summed E-state index contributed by atoms with van der Waals surface area (Å²) < 4.78 is 8.14. The second kappa shape index (κ2) is 6.06. The molecule has 4 heteroatoms. The zero-order valence-electron chi connectivity index (χ0n) is 12.4. The van der Waals surface area contributed by atoms with Crippen LogP contribution in [0.5, 0.6) is 0 Å². The summed E-state index contributed by atoms with van der Waals surface area (Å²) in [5, 5.41) is 4.58. The molecule has 0 saturated heterocycles. The van der Waals surface area contributed by atoms with Gasteiger partial charge >= 0.3 is 0 Å². The Bertz CT molecular complexity index is 404. The number of nitrogens with zero attached hydrogens (tertiary/aromatic N) is 2. The highest BCUT2D eigenvalue weighted by molar-refractivity contribution is 4.99. The summed E-state index contributed by atoms with van der Waals surface area (Å²) in [6.07, 6.45) is 6.51. The minimum absolute atomic E-state index is 0.112. The van der Waals surface area contributed by atoms with Gasteiger partial charge in [-0.1, -0.05) is 13.8 Å². The lowest BCUT2D eigenvalue weighted by Gasteiger charge is -2.27. The molecule has 1 saturated carbocycles. The molecular formula is C15H27N3O. The topological polar surface area (TPSA) is 53.1 Å². The Balaban J connectivity index is 1.93. The number of hydrogen-bond acceptors (Lipinski definition) is 3. The van der Waals surface area contributed by atoms with Crippen molar-refractivity contribution in [2.24, 2.45) is 11.7 Å². The molecule has 1 aromatic rings. The van der Waals surface area contributed by atoms with Crippen molar-refractivity contribution in [3.8, 4) is 0 Å². The van der Waals surface area contributed by atoms with Crippen LogP contribution in [0.3, 0.4) is 0 Å². The fourth-order valence-electron chi connectivity index (χ4n) is 2.84. The van der Waals surface area contributed by atoms with Gasteiger partial charge in [0.25, 0.3) is 0 Å². The molecule has 1 heterocycles. The Morgan fingerprint density at radius 3 is 3.00 bits per heavy atom. The highest BCUT2D eigenvalue weighted by Crippen LogP contribution is 2.37. The molecule has 4 nitrogen and oxygen atoms in total. The van der Waals surface area contributed by atoms with E-state index in [4.69, 9.17) is 10.5 Å². The van der Waals surface area contributed by atoms with E-state index in [-0.39, 0.29) is 5.60 Å². The Labute approximate surface area is 116 Å². The molecule has 0 spiro atoms. The van der Waals surface area contributed by atoms with Crippen molar-refractivity contribution in [1.29, 1.82) is 0 Å². The Kier molecular flexibility index (Phi) is 4.63. The van der Waals surface area contributed by atoms with Crippen LogP contribution in [0.1, 0.15) is 58.2 Å². The average molecular weight is 265 g/mol. The third kappa shape index (κ3) is 3.37. The highest BCUT2D eigenvalue weighted by Gasteiger charge is 2.37. The van der Waals surface area contributed by atoms with Crippen LogP contribution in [0.2, 0.25) is 0 Å². The first-order valence-electron chi connectivity index (χ1n) is 7.46. The van der Waals surface area contributed by atoms with Crippen molar-refractivity contribution in [2.45, 2.75) is 64.7 Å². The van der Waals surface area contributed by atoms with Crippen LogP contribution >= 0.6 is 0 Å². The molecule has 3 unspecified atom stereocenters. The lowest BCUT2D eigenvalue weighted by Crippen LogP contribution is -2.38. The maximum Gasteiger partial charge on any atom is 0.0914 e. The molecule has 19 heavy (non-hydrogen) atoms. The van der Waals surface area contributed by atoms with Crippen molar-refractivity contribution < 1.29 is 4.74 Å². The lowest BCUT2D eigenvalue weighted by molar-refractivity contribution is -0.0485. The maximum atomic E-state index is 6.12. The molecule has 0 amide bonds. The Hall–Kier alpha value is -0.870. The molecule has 108 valence electrons. The molecule has 1 fully saturated rings. The van der Waals surface area contributed by atoms with Crippen LogP contribution in [0.15, 0.2) is 12.3 Å². The molecule has 2 N–H and O–H groups in total. The SMILES string of the molecule is CCC(C)n1ccc(COC2(CN)CCC(C)C2)n1. The second-order valence-corrected chi connectivity index (χ2v) is 6.07. The van der Waals surface area contributed by atoms with E-state index < -0.39 is 0 Å². The fraction of sp³-hybridized carbons (Fsp3) is 0.800. The number of rotatable bonds is 6. The van der Waals surface area contributed by atoms with E-state index in [1.165, 1.54) is 6.42 Å². The molecule has 0 radical (unpaired) electrons. The standard InChI is InChI=1S/C15H27N3O/c1-4-13(3)18-8-6-14(17-18)10-19-15(11-16)7-5-12(2)9-15/h6,8,12-13H,4-5,7,9-11,16H2,1-3H3. The van der Waals surface area contributed by atoms with Crippen LogP contribution in [0.25, 0.3) is 0 Å². The van der Waals surface area contributed by atoms with E-state index in [1.807, 2.05) is 10.9 Å². The second-order valence-electron chi connectivity index (χ2n) is 6.07. The van der Waals surface area contributed by atoms with Crippen LogP contribution in [-0.2, 0) is 11.3 Å². The molecule has 2 rings (SSSR count). The summed E-state index contributed by atoms with van der Waals surface area (Å²) in [4.78, 5) is 0. The Morgan fingerprint density at radius 1 is 1.63 bits per heavy atom. The highest BCUT2D eigenvalue weighted by atomic mass is 16.5.